The predicted molar refractivity (Wildman–Crippen MR) is 115 cm³/mol. The fourth-order valence-electron chi connectivity index (χ4n) is 4.50. The molecule has 0 aliphatic carbocycles. The monoisotopic (exact) mass is 383 g/mol. The number of ether oxygens (including phenoxy) is 1. The smallest absolute Gasteiger partial charge is 0.327 e. The van der Waals surface area contributed by atoms with Crippen LogP contribution in [0.5, 0.6) is 0 Å². The van der Waals surface area contributed by atoms with E-state index in [1.54, 1.807) is 0 Å². The Morgan fingerprint density at radius 2 is 1.24 bits per heavy atom. The summed E-state index contributed by atoms with van der Waals surface area (Å²) in [5, 5.41) is 0. The van der Waals surface area contributed by atoms with Crippen molar-refractivity contribution in [3.63, 3.8) is 0 Å². The highest BCUT2D eigenvalue weighted by Gasteiger charge is 2.49. The second-order valence-electron chi connectivity index (χ2n) is 7.33. The van der Waals surface area contributed by atoms with Gasteiger partial charge in [-0.3, -0.25) is 4.90 Å². The number of hydrogen-bond acceptors (Lipinski definition) is 3. The Kier molecular flexibility index (Phi) is 5.32. The zero-order valence-corrected chi connectivity index (χ0v) is 16.8. The maximum atomic E-state index is 12.9. The van der Waals surface area contributed by atoms with Crippen molar-refractivity contribution in [3.8, 4) is 0 Å². The van der Waals surface area contributed by atoms with Crippen molar-refractivity contribution in [3.05, 3.63) is 119 Å². The molecular formula is C26H25NO2. The molecule has 3 aromatic carbocycles. The van der Waals surface area contributed by atoms with Crippen LogP contribution in [0, 0.1) is 0 Å². The summed E-state index contributed by atoms with van der Waals surface area (Å²) in [5.74, 6) is -0.233. The van der Waals surface area contributed by atoms with E-state index >= 15 is 0 Å². The van der Waals surface area contributed by atoms with E-state index in [1.807, 2.05) is 25.1 Å². The van der Waals surface area contributed by atoms with E-state index in [2.05, 4.69) is 83.8 Å². The minimum Gasteiger partial charge on any atom is -0.468 e. The van der Waals surface area contributed by atoms with Gasteiger partial charge in [-0.1, -0.05) is 97.1 Å². The lowest BCUT2D eigenvalue weighted by Gasteiger charge is -2.46. The number of carbonyl (C=O) groups is 1. The van der Waals surface area contributed by atoms with Crippen LogP contribution < -0.4 is 0 Å². The van der Waals surface area contributed by atoms with E-state index in [1.165, 1.54) is 7.11 Å². The van der Waals surface area contributed by atoms with Crippen molar-refractivity contribution in [1.82, 2.24) is 4.90 Å². The minimum absolute atomic E-state index is 0.233. The van der Waals surface area contributed by atoms with Crippen molar-refractivity contribution < 1.29 is 9.53 Å². The van der Waals surface area contributed by atoms with Crippen LogP contribution in [0.3, 0.4) is 0 Å². The second-order valence-corrected chi connectivity index (χ2v) is 7.33. The molecule has 0 unspecified atom stereocenters. The Bertz CT molecular complexity index is 900. The van der Waals surface area contributed by atoms with Crippen molar-refractivity contribution in [2.24, 2.45) is 0 Å². The quantitative estimate of drug-likeness (QED) is 0.361. The molecular weight excluding hydrogens is 358 g/mol. The van der Waals surface area contributed by atoms with Gasteiger partial charge in [-0.15, -0.1) is 0 Å². The molecule has 0 saturated carbocycles. The van der Waals surface area contributed by atoms with E-state index in [0.717, 1.165) is 22.3 Å². The standard InChI is InChI=1S/C26H25NO2/c1-20-18-19-27(24(20)25(28)29-2)26(21-12-6-3-7-13-21,22-14-8-4-9-15-22)23-16-10-5-11-17-23/h3-18,24H,19H2,1-2H3/t24-/m0/s1. The van der Waals surface area contributed by atoms with Crippen molar-refractivity contribution in [2.45, 2.75) is 18.5 Å². The molecule has 29 heavy (non-hydrogen) atoms. The molecule has 0 spiro atoms. The zero-order chi connectivity index (χ0) is 20.3. The lowest BCUT2D eigenvalue weighted by atomic mass is 9.75. The summed E-state index contributed by atoms with van der Waals surface area (Å²) in [5.41, 5.74) is 3.75. The Balaban J connectivity index is 2.05. The summed E-state index contributed by atoms with van der Waals surface area (Å²) in [4.78, 5) is 15.1. The number of nitrogens with zero attached hydrogens (tertiary/aromatic N) is 1. The summed E-state index contributed by atoms with van der Waals surface area (Å²) in [6.45, 7) is 2.66. The number of hydrogen-bond donors (Lipinski definition) is 0. The van der Waals surface area contributed by atoms with Gasteiger partial charge in [0.2, 0.25) is 0 Å². The molecule has 0 fully saturated rings. The molecule has 0 bridgehead atoms. The van der Waals surface area contributed by atoms with Crippen LogP contribution in [0.25, 0.3) is 0 Å². The van der Waals surface area contributed by atoms with Gasteiger partial charge in [0.1, 0.15) is 6.04 Å². The molecule has 0 amide bonds. The average Bonchev–Trinajstić information content (AvgIpc) is 3.18. The molecule has 1 aliphatic rings. The van der Waals surface area contributed by atoms with E-state index in [0.29, 0.717) is 6.54 Å². The molecule has 0 aromatic heterocycles. The van der Waals surface area contributed by atoms with E-state index in [-0.39, 0.29) is 5.97 Å². The lowest BCUT2D eigenvalue weighted by Crippen LogP contribution is -2.54. The van der Waals surface area contributed by atoms with Crippen LogP contribution in [-0.4, -0.2) is 30.6 Å². The molecule has 1 aliphatic heterocycles. The Morgan fingerprint density at radius 1 is 0.828 bits per heavy atom. The van der Waals surface area contributed by atoms with Gasteiger partial charge in [0, 0.05) is 6.54 Å². The molecule has 3 aromatic rings. The molecule has 146 valence electrons. The van der Waals surface area contributed by atoms with Gasteiger partial charge in [0.25, 0.3) is 0 Å². The van der Waals surface area contributed by atoms with Gasteiger partial charge in [0.15, 0.2) is 0 Å². The number of esters is 1. The summed E-state index contributed by atoms with van der Waals surface area (Å²) < 4.78 is 5.22. The normalized spacial score (nSPS) is 17.0. The van der Waals surface area contributed by atoms with Crippen LogP contribution in [0.2, 0.25) is 0 Å². The summed E-state index contributed by atoms with van der Waals surface area (Å²) in [7, 11) is 1.46. The first kappa shape index (κ1) is 19.2. The van der Waals surface area contributed by atoms with Crippen molar-refractivity contribution >= 4 is 5.97 Å². The third-order valence-electron chi connectivity index (χ3n) is 5.78. The molecule has 4 rings (SSSR count). The Hall–Kier alpha value is -3.17. The minimum atomic E-state index is -0.628. The maximum absolute atomic E-state index is 12.9. The van der Waals surface area contributed by atoms with Crippen LogP contribution in [-0.2, 0) is 15.1 Å². The van der Waals surface area contributed by atoms with Gasteiger partial charge in [-0.2, -0.15) is 0 Å². The third-order valence-corrected chi connectivity index (χ3v) is 5.78. The first-order valence-corrected chi connectivity index (χ1v) is 9.87. The van der Waals surface area contributed by atoms with Gasteiger partial charge < -0.3 is 4.74 Å². The average molecular weight is 383 g/mol. The van der Waals surface area contributed by atoms with Gasteiger partial charge in [-0.25, -0.2) is 4.79 Å². The summed E-state index contributed by atoms with van der Waals surface area (Å²) in [6.07, 6.45) is 2.13. The van der Waals surface area contributed by atoms with Crippen LogP contribution in [0.15, 0.2) is 103 Å². The predicted octanol–water partition coefficient (Wildman–Crippen LogP) is 4.78. The maximum Gasteiger partial charge on any atom is 0.327 e. The molecule has 1 atom stereocenters. The van der Waals surface area contributed by atoms with Crippen molar-refractivity contribution in [1.29, 1.82) is 0 Å². The largest absolute Gasteiger partial charge is 0.468 e. The van der Waals surface area contributed by atoms with Gasteiger partial charge in [0.05, 0.1) is 12.6 Å². The Morgan fingerprint density at radius 3 is 1.62 bits per heavy atom. The topological polar surface area (TPSA) is 29.5 Å². The summed E-state index contributed by atoms with van der Waals surface area (Å²) >= 11 is 0. The fraction of sp³-hybridized carbons (Fsp3) is 0.192. The van der Waals surface area contributed by atoms with Crippen LogP contribution >= 0.6 is 0 Å². The van der Waals surface area contributed by atoms with E-state index in [9.17, 15) is 4.79 Å². The number of methoxy groups -OCH3 is 1. The fourth-order valence-corrected chi connectivity index (χ4v) is 4.50. The van der Waals surface area contributed by atoms with Crippen LogP contribution in [0.4, 0.5) is 0 Å². The summed E-state index contributed by atoms with van der Waals surface area (Å²) in [6, 6.07) is 30.8. The number of carbonyl (C=O) groups excluding carboxylic acids is 1. The molecule has 0 radical (unpaired) electrons. The third kappa shape index (κ3) is 3.18. The lowest BCUT2D eigenvalue weighted by molar-refractivity contribution is -0.146. The highest BCUT2D eigenvalue weighted by atomic mass is 16.5. The first-order valence-electron chi connectivity index (χ1n) is 9.87. The highest BCUT2D eigenvalue weighted by Crippen LogP contribution is 2.45. The van der Waals surface area contributed by atoms with Gasteiger partial charge >= 0.3 is 5.97 Å². The van der Waals surface area contributed by atoms with Crippen LogP contribution in [0.1, 0.15) is 23.6 Å². The number of benzene rings is 3. The SMILES string of the molecule is COC(=O)[C@@H]1C(C)=CCN1C(c1ccccc1)(c1ccccc1)c1ccccc1. The Labute approximate surface area is 172 Å². The second kappa shape index (κ2) is 8.06. The first-order chi connectivity index (χ1) is 14.2. The molecule has 1 heterocycles. The molecule has 0 saturated heterocycles. The zero-order valence-electron chi connectivity index (χ0n) is 16.8. The van der Waals surface area contributed by atoms with E-state index < -0.39 is 11.6 Å². The van der Waals surface area contributed by atoms with E-state index in [4.69, 9.17) is 4.74 Å². The van der Waals surface area contributed by atoms with Gasteiger partial charge in [-0.05, 0) is 29.2 Å². The number of rotatable bonds is 5. The molecule has 0 N–H and O–H groups in total. The molecule has 3 nitrogen and oxygen atoms in total. The highest BCUT2D eigenvalue weighted by molar-refractivity contribution is 5.80. The molecule has 3 heteroatoms. The van der Waals surface area contributed by atoms with Crippen molar-refractivity contribution in [2.75, 3.05) is 13.7 Å².